The third kappa shape index (κ3) is 6.38. The first-order chi connectivity index (χ1) is 14.6. The molecule has 4 rings (SSSR count). The summed E-state index contributed by atoms with van der Waals surface area (Å²) in [6, 6.07) is 20.1. The molecule has 10 heteroatoms. The Bertz CT molecular complexity index is 1490. The molecule has 0 heterocycles. The van der Waals surface area contributed by atoms with Crippen molar-refractivity contribution in [3.05, 3.63) is 82.8 Å². The van der Waals surface area contributed by atoms with Crippen molar-refractivity contribution >= 4 is 74.5 Å². The summed E-state index contributed by atoms with van der Waals surface area (Å²) < 4.78 is 48.4. The normalized spacial score (nSPS) is 11.2. The van der Waals surface area contributed by atoms with E-state index in [-0.39, 0.29) is 24.6 Å². The molecule has 0 bridgehead atoms. The van der Waals surface area contributed by atoms with Gasteiger partial charge in [0.05, 0.1) is 9.79 Å². The second-order valence-electron chi connectivity index (χ2n) is 6.33. The Morgan fingerprint density at radius 3 is 1.36 bits per heavy atom. The molecule has 0 spiro atoms. The van der Waals surface area contributed by atoms with Crippen LogP contribution in [0.5, 0.6) is 0 Å². The lowest BCUT2D eigenvalue weighted by atomic mass is 10.1. The molecule has 0 saturated carbocycles. The van der Waals surface area contributed by atoms with Gasteiger partial charge in [-0.2, -0.15) is 0 Å². The highest BCUT2D eigenvalue weighted by Gasteiger charge is 2.16. The monoisotopic (exact) mass is 547 g/mol. The zero-order valence-corrected chi connectivity index (χ0v) is 19.9. The number of benzene rings is 4. The molecule has 4 aromatic rings. The van der Waals surface area contributed by atoms with Crippen LogP contribution in [-0.4, -0.2) is 23.9 Å². The molecule has 0 radical (unpaired) electrons. The van der Waals surface area contributed by atoms with Crippen LogP contribution in [0, 0.1) is 0 Å². The predicted molar refractivity (Wildman–Crippen MR) is 141 cm³/mol. The second-order valence-corrected chi connectivity index (χ2v) is 11.5. The summed E-state index contributed by atoms with van der Waals surface area (Å²) in [6.45, 7) is 0. The summed E-state index contributed by atoms with van der Waals surface area (Å²) in [5, 5.41) is 3.64. The quantitative estimate of drug-likeness (QED) is 0.277. The van der Waals surface area contributed by atoms with Gasteiger partial charge in [-0.15, -0.1) is 0 Å². The highest BCUT2D eigenvalue weighted by Crippen LogP contribution is 2.31. The fraction of sp³-hybridized carbons (Fsp3) is 0.130. The van der Waals surface area contributed by atoms with Crippen molar-refractivity contribution in [2.24, 2.45) is 0 Å². The van der Waals surface area contributed by atoms with Gasteiger partial charge in [-0.1, -0.05) is 86.6 Å². The third-order valence-electron chi connectivity index (χ3n) is 4.48. The van der Waals surface area contributed by atoms with Crippen LogP contribution in [0.1, 0.15) is 14.9 Å². The van der Waals surface area contributed by atoms with E-state index in [9.17, 15) is 16.8 Å². The summed E-state index contributed by atoms with van der Waals surface area (Å²) in [5.41, 5.74) is 0. The molecule has 0 aliphatic carbocycles. The van der Waals surface area contributed by atoms with Crippen molar-refractivity contribution in [3.63, 3.8) is 0 Å². The van der Waals surface area contributed by atoms with E-state index >= 15 is 0 Å². The number of hydrogen-bond acceptors (Lipinski definition) is 4. The first-order valence-electron chi connectivity index (χ1n) is 8.79. The lowest BCUT2D eigenvalue weighted by molar-refractivity contribution is 0.589. The van der Waals surface area contributed by atoms with E-state index < -0.39 is 19.1 Å². The molecule has 1 N–H and O–H groups in total. The summed E-state index contributed by atoms with van der Waals surface area (Å²) >= 11 is 11.9. The maximum Gasteiger partial charge on any atom is 0.261 e. The Kier molecular flexibility index (Phi) is 10.2. The van der Waals surface area contributed by atoms with Gasteiger partial charge < -0.3 is 0 Å². The minimum Gasteiger partial charge on any atom is -0.214 e. The van der Waals surface area contributed by atoms with E-state index in [1.165, 1.54) is 25.2 Å². The molecule has 0 amide bonds. The van der Waals surface area contributed by atoms with Crippen LogP contribution < -0.4 is 4.72 Å². The molecular formula is C23H24Cl3NO4S2. The average Bonchev–Trinajstić information content (AvgIpc) is 2.74. The highest BCUT2D eigenvalue weighted by atomic mass is 35.7. The standard InChI is InChI=1S/C11H10ClNO2S.C10H6Cl2O2S.2CH4/c1-13-16(14,15)11-7-6-10(12)8-4-2-3-5-9(8)11;11-9-5-6-10(15(12,13)14)8-4-2-1-3-7(8)9;;/h2-7,13H,1H3;1-6H;2*1H4. The predicted octanol–water partition coefficient (Wildman–Crippen LogP) is 7.09. The number of hydrogen-bond donors (Lipinski definition) is 1. The number of sulfonamides is 1. The van der Waals surface area contributed by atoms with Crippen LogP contribution >= 0.6 is 33.9 Å². The zero-order valence-electron chi connectivity index (χ0n) is 16.0. The maximum absolute atomic E-state index is 11.8. The van der Waals surface area contributed by atoms with Crippen molar-refractivity contribution in [3.8, 4) is 0 Å². The lowest BCUT2D eigenvalue weighted by Gasteiger charge is -2.07. The minimum atomic E-state index is -3.73. The van der Waals surface area contributed by atoms with Crippen LogP contribution in [0.3, 0.4) is 0 Å². The number of halogens is 3. The molecule has 33 heavy (non-hydrogen) atoms. The van der Waals surface area contributed by atoms with Gasteiger partial charge >= 0.3 is 0 Å². The van der Waals surface area contributed by atoms with Gasteiger partial charge in [-0.25, -0.2) is 21.6 Å². The zero-order chi connectivity index (χ0) is 22.8. The molecule has 0 aromatic heterocycles. The number of fused-ring (bicyclic) bond motifs is 2. The second kappa shape index (κ2) is 11.5. The van der Waals surface area contributed by atoms with Gasteiger partial charge in [0.15, 0.2) is 0 Å². The Hall–Kier alpha value is -1.87. The van der Waals surface area contributed by atoms with E-state index in [1.807, 2.05) is 6.07 Å². The SMILES string of the molecule is C.C.CNS(=O)(=O)c1ccc(Cl)c2ccccc12.O=S(=O)(Cl)c1ccc(Cl)c2ccccc12. The van der Waals surface area contributed by atoms with Crippen LogP contribution in [0.4, 0.5) is 0 Å². The Balaban J connectivity index is 0.000000312. The van der Waals surface area contributed by atoms with Crippen LogP contribution in [-0.2, 0) is 19.1 Å². The Morgan fingerprint density at radius 1 is 0.606 bits per heavy atom. The van der Waals surface area contributed by atoms with Crippen molar-refractivity contribution in [1.29, 1.82) is 0 Å². The number of rotatable bonds is 3. The Labute approximate surface area is 209 Å². The summed E-state index contributed by atoms with van der Waals surface area (Å²) in [6.07, 6.45) is 0. The topological polar surface area (TPSA) is 80.3 Å². The minimum absolute atomic E-state index is 0. The van der Waals surface area contributed by atoms with E-state index in [4.69, 9.17) is 33.9 Å². The van der Waals surface area contributed by atoms with Crippen LogP contribution in [0.2, 0.25) is 10.0 Å². The molecule has 0 aliphatic rings. The highest BCUT2D eigenvalue weighted by molar-refractivity contribution is 8.14. The van der Waals surface area contributed by atoms with E-state index in [0.29, 0.717) is 26.2 Å². The van der Waals surface area contributed by atoms with Crippen LogP contribution in [0.25, 0.3) is 21.5 Å². The molecule has 0 aliphatic heterocycles. The van der Waals surface area contributed by atoms with E-state index in [1.54, 1.807) is 48.5 Å². The van der Waals surface area contributed by atoms with Crippen molar-refractivity contribution in [2.75, 3.05) is 7.05 Å². The first-order valence-corrected chi connectivity index (χ1v) is 13.3. The van der Waals surface area contributed by atoms with Crippen molar-refractivity contribution in [1.82, 2.24) is 4.72 Å². The average molecular weight is 549 g/mol. The molecule has 0 unspecified atom stereocenters. The maximum atomic E-state index is 11.8. The molecule has 178 valence electrons. The third-order valence-corrected chi connectivity index (χ3v) is 7.99. The van der Waals surface area contributed by atoms with E-state index in [0.717, 1.165) is 5.39 Å². The summed E-state index contributed by atoms with van der Waals surface area (Å²) in [4.78, 5) is 0.333. The fourth-order valence-corrected chi connectivity index (χ4v) is 5.49. The molecule has 5 nitrogen and oxygen atoms in total. The lowest BCUT2D eigenvalue weighted by Crippen LogP contribution is -2.18. The van der Waals surface area contributed by atoms with Crippen LogP contribution in [0.15, 0.2) is 82.6 Å². The Morgan fingerprint density at radius 2 is 0.970 bits per heavy atom. The van der Waals surface area contributed by atoms with Gasteiger partial charge in [0, 0.05) is 42.3 Å². The fourth-order valence-electron chi connectivity index (χ4n) is 3.03. The van der Waals surface area contributed by atoms with Gasteiger partial charge in [-0.05, 0) is 31.3 Å². The van der Waals surface area contributed by atoms with Gasteiger partial charge in [0.1, 0.15) is 0 Å². The molecular weight excluding hydrogens is 525 g/mol. The first kappa shape index (κ1) is 29.2. The smallest absolute Gasteiger partial charge is 0.214 e. The van der Waals surface area contributed by atoms with Crippen molar-refractivity contribution in [2.45, 2.75) is 24.6 Å². The van der Waals surface area contributed by atoms with Crippen molar-refractivity contribution < 1.29 is 16.8 Å². The molecule has 0 saturated heterocycles. The summed E-state index contributed by atoms with van der Waals surface area (Å²) in [5.74, 6) is 0. The molecule has 0 atom stereocenters. The van der Waals surface area contributed by atoms with Gasteiger partial charge in [-0.3, -0.25) is 0 Å². The molecule has 0 fully saturated rings. The van der Waals surface area contributed by atoms with Gasteiger partial charge in [0.2, 0.25) is 10.0 Å². The van der Waals surface area contributed by atoms with Gasteiger partial charge in [0.25, 0.3) is 9.05 Å². The molecule has 4 aromatic carbocycles. The largest absolute Gasteiger partial charge is 0.261 e. The number of nitrogens with one attached hydrogen (secondary N) is 1. The summed E-state index contributed by atoms with van der Waals surface area (Å²) in [7, 11) is -0.476. The van der Waals surface area contributed by atoms with E-state index in [2.05, 4.69) is 4.72 Å².